The molecule has 1 amide bonds. The van der Waals surface area contributed by atoms with Gasteiger partial charge in [-0.2, -0.15) is 0 Å². The first kappa shape index (κ1) is 16.6. The Morgan fingerprint density at radius 2 is 2.12 bits per heavy atom. The number of hydrogen-bond donors (Lipinski definition) is 4. The van der Waals surface area contributed by atoms with Gasteiger partial charge in [-0.25, -0.2) is 0 Å². The van der Waals surface area contributed by atoms with Gasteiger partial charge in [0.05, 0.1) is 0 Å². The highest BCUT2D eigenvalue weighted by Gasteiger charge is 2.10. The normalized spacial score (nSPS) is 13.7. The Morgan fingerprint density at radius 3 is 2.92 bits per heavy atom. The minimum atomic E-state index is -0.228. The van der Waals surface area contributed by atoms with Crippen LogP contribution in [0.4, 0.5) is 5.69 Å². The minimum absolute atomic E-state index is 0.228. The van der Waals surface area contributed by atoms with Gasteiger partial charge in [-0.15, -0.1) is 0 Å². The molecule has 0 fully saturated rings. The van der Waals surface area contributed by atoms with Crippen LogP contribution in [0, 0.1) is 5.41 Å². The molecule has 1 aliphatic heterocycles. The Kier molecular flexibility index (Phi) is 5.01. The number of nitrogens with zero attached hydrogens (tertiary/aromatic N) is 1. The highest BCUT2D eigenvalue weighted by atomic mass is 16.1. The van der Waals surface area contributed by atoms with Crippen LogP contribution in [-0.4, -0.2) is 17.1 Å². The molecule has 126 valence electrons. The van der Waals surface area contributed by atoms with Crippen molar-refractivity contribution in [3.8, 4) is 0 Å². The second-order valence-electron chi connectivity index (χ2n) is 5.64. The summed E-state index contributed by atoms with van der Waals surface area (Å²) in [5.74, 6) is -0.228. The molecule has 5 N–H and O–H groups in total. The lowest BCUT2D eigenvalue weighted by atomic mass is 10.0. The van der Waals surface area contributed by atoms with E-state index in [0.29, 0.717) is 5.57 Å². The highest BCUT2D eigenvalue weighted by molar-refractivity contribution is 6.10. The van der Waals surface area contributed by atoms with Gasteiger partial charge in [0.1, 0.15) is 0 Å². The number of pyridine rings is 1. The van der Waals surface area contributed by atoms with Crippen molar-refractivity contribution in [1.29, 1.82) is 5.41 Å². The lowest BCUT2D eigenvalue weighted by molar-refractivity contribution is -0.111. The molecule has 2 heterocycles. The van der Waals surface area contributed by atoms with Gasteiger partial charge in [-0.1, -0.05) is 6.07 Å². The van der Waals surface area contributed by atoms with E-state index in [0.717, 1.165) is 29.9 Å². The van der Waals surface area contributed by atoms with Crippen molar-refractivity contribution < 1.29 is 4.79 Å². The van der Waals surface area contributed by atoms with Crippen LogP contribution in [0.3, 0.4) is 0 Å². The fraction of sp³-hybridized carbons (Fsp3) is 0.105. The fourth-order valence-corrected chi connectivity index (χ4v) is 2.74. The zero-order chi connectivity index (χ0) is 17.6. The molecule has 1 aromatic carbocycles. The summed E-state index contributed by atoms with van der Waals surface area (Å²) in [5.41, 5.74) is 10.8. The lowest BCUT2D eigenvalue weighted by Crippen LogP contribution is -2.08. The SMILES string of the molecule is N=CC(=CN)c1ccncc1/C=C/C(=O)Nc1ccc2c(c1)CNC2. The zero-order valence-corrected chi connectivity index (χ0v) is 13.6. The Balaban J connectivity index is 1.74. The number of anilines is 1. The van der Waals surface area contributed by atoms with Crippen molar-refractivity contribution in [1.82, 2.24) is 10.3 Å². The molecule has 0 unspecified atom stereocenters. The third-order valence-electron chi connectivity index (χ3n) is 4.02. The van der Waals surface area contributed by atoms with Crippen LogP contribution in [0.15, 0.2) is 48.9 Å². The van der Waals surface area contributed by atoms with E-state index in [1.807, 2.05) is 18.2 Å². The average molecular weight is 333 g/mol. The first-order chi connectivity index (χ1) is 12.2. The maximum Gasteiger partial charge on any atom is 0.248 e. The summed E-state index contributed by atoms with van der Waals surface area (Å²) in [6.07, 6.45) is 8.90. The van der Waals surface area contributed by atoms with Crippen molar-refractivity contribution in [3.05, 3.63) is 71.2 Å². The van der Waals surface area contributed by atoms with Crippen molar-refractivity contribution >= 4 is 29.5 Å². The Bertz CT molecular complexity index is 870. The molecule has 2 aromatic rings. The topological polar surface area (TPSA) is 104 Å². The van der Waals surface area contributed by atoms with Gasteiger partial charge in [0, 0.05) is 60.8 Å². The largest absolute Gasteiger partial charge is 0.404 e. The van der Waals surface area contributed by atoms with E-state index in [4.69, 9.17) is 11.1 Å². The van der Waals surface area contributed by atoms with E-state index >= 15 is 0 Å². The van der Waals surface area contributed by atoms with Crippen LogP contribution in [0.25, 0.3) is 11.6 Å². The quantitative estimate of drug-likeness (QED) is 0.498. The van der Waals surface area contributed by atoms with Crippen LogP contribution in [0.2, 0.25) is 0 Å². The standard InChI is InChI=1S/C19H19N5O/c20-8-16(9-21)18-5-6-22-11-14(18)2-4-19(25)24-17-3-1-13-10-23-12-15(13)7-17/h1-9,11,20,23H,10,12,21H2,(H,24,25)/b4-2+,16-9?,20-8?. The average Bonchev–Trinajstić information content (AvgIpc) is 3.10. The van der Waals surface area contributed by atoms with Gasteiger partial charge >= 0.3 is 0 Å². The molecule has 0 atom stereocenters. The maximum absolute atomic E-state index is 12.2. The van der Waals surface area contributed by atoms with Crippen molar-refractivity contribution in [2.24, 2.45) is 5.73 Å². The number of nitrogens with two attached hydrogens (primary N) is 1. The van der Waals surface area contributed by atoms with Gasteiger partial charge < -0.3 is 21.8 Å². The van der Waals surface area contributed by atoms with Gasteiger partial charge in [0.2, 0.25) is 5.91 Å². The second kappa shape index (κ2) is 7.55. The summed E-state index contributed by atoms with van der Waals surface area (Å²) >= 11 is 0. The molecule has 0 saturated heterocycles. The highest BCUT2D eigenvalue weighted by Crippen LogP contribution is 2.20. The molecular weight excluding hydrogens is 314 g/mol. The van der Waals surface area contributed by atoms with E-state index < -0.39 is 0 Å². The summed E-state index contributed by atoms with van der Waals surface area (Å²) in [7, 11) is 0. The summed E-state index contributed by atoms with van der Waals surface area (Å²) in [6.45, 7) is 1.70. The Labute approximate surface area is 146 Å². The molecule has 0 spiro atoms. The summed E-state index contributed by atoms with van der Waals surface area (Å²) < 4.78 is 0. The molecular formula is C19H19N5O. The van der Waals surface area contributed by atoms with E-state index in [1.165, 1.54) is 29.6 Å². The minimum Gasteiger partial charge on any atom is -0.404 e. The molecule has 6 heteroatoms. The molecule has 0 aliphatic carbocycles. The predicted molar refractivity (Wildman–Crippen MR) is 99.8 cm³/mol. The first-order valence-electron chi connectivity index (χ1n) is 7.89. The summed E-state index contributed by atoms with van der Waals surface area (Å²) in [4.78, 5) is 16.3. The van der Waals surface area contributed by atoms with Crippen molar-refractivity contribution in [2.45, 2.75) is 13.1 Å². The number of hydrogen-bond acceptors (Lipinski definition) is 5. The molecule has 1 aliphatic rings. The number of aromatic nitrogens is 1. The molecule has 6 nitrogen and oxygen atoms in total. The maximum atomic E-state index is 12.2. The number of benzene rings is 1. The second-order valence-corrected chi connectivity index (χ2v) is 5.64. The van der Waals surface area contributed by atoms with E-state index in [1.54, 1.807) is 24.5 Å². The van der Waals surface area contributed by atoms with Crippen LogP contribution in [-0.2, 0) is 17.9 Å². The van der Waals surface area contributed by atoms with E-state index in [2.05, 4.69) is 15.6 Å². The Morgan fingerprint density at radius 1 is 1.28 bits per heavy atom. The molecule has 3 rings (SSSR count). The Hall–Kier alpha value is -3.25. The lowest BCUT2D eigenvalue weighted by Gasteiger charge is -2.06. The van der Waals surface area contributed by atoms with Crippen molar-refractivity contribution in [3.63, 3.8) is 0 Å². The van der Waals surface area contributed by atoms with Gasteiger partial charge in [-0.3, -0.25) is 9.78 Å². The van der Waals surface area contributed by atoms with E-state index in [-0.39, 0.29) is 5.91 Å². The number of carbonyl (C=O) groups excluding carboxylic acids is 1. The van der Waals surface area contributed by atoms with Crippen LogP contribution in [0.5, 0.6) is 0 Å². The van der Waals surface area contributed by atoms with Gasteiger partial charge in [-0.05, 0) is 41.0 Å². The zero-order valence-electron chi connectivity index (χ0n) is 13.6. The summed E-state index contributed by atoms with van der Waals surface area (Å²) in [5, 5.41) is 13.6. The monoisotopic (exact) mass is 333 g/mol. The number of rotatable bonds is 5. The van der Waals surface area contributed by atoms with Crippen LogP contribution < -0.4 is 16.4 Å². The number of amides is 1. The van der Waals surface area contributed by atoms with Crippen LogP contribution >= 0.6 is 0 Å². The molecule has 0 bridgehead atoms. The number of nitrogens with one attached hydrogen (secondary N) is 3. The van der Waals surface area contributed by atoms with Crippen molar-refractivity contribution in [2.75, 3.05) is 5.32 Å². The molecule has 1 aromatic heterocycles. The third-order valence-corrected chi connectivity index (χ3v) is 4.02. The van der Waals surface area contributed by atoms with E-state index in [9.17, 15) is 4.79 Å². The third kappa shape index (κ3) is 3.81. The number of allylic oxidation sites excluding steroid dienone is 1. The molecule has 0 radical (unpaired) electrons. The fourth-order valence-electron chi connectivity index (χ4n) is 2.74. The smallest absolute Gasteiger partial charge is 0.248 e. The first-order valence-corrected chi connectivity index (χ1v) is 7.89. The van der Waals surface area contributed by atoms with Crippen LogP contribution in [0.1, 0.15) is 22.3 Å². The number of fused-ring (bicyclic) bond motifs is 1. The molecule has 25 heavy (non-hydrogen) atoms. The predicted octanol–water partition coefficient (Wildman–Crippen LogP) is 2.29. The van der Waals surface area contributed by atoms with Gasteiger partial charge in [0.25, 0.3) is 0 Å². The number of carbonyl (C=O) groups is 1. The summed E-state index contributed by atoms with van der Waals surface area (Å²) in [6, 6.07) is 7.67. The van der Waals surface area contributed by atoms with Gasteiger partial charge in [0.15, 0.2) is 0 Å². The molecule has 0 saturated carbocycles.